The van der Waals surface area contributed by atoms with E-state index in [0.29, 0.717) is 0 Å². The molecule has 2 rings (SSSR count). The predicted molar refractivity (Wildman–Crippen MR) is 57.0 cm³/mol. The molecule has 1 unspecified atom stereocenters. The van der Waals surface area contributed by atoms with Gasteiger partial charge in [0.05, 0.1) is 6.04 Å². The fourth-order valence-corrected chi connectivity index (χ4v) is 2.28. The van der Waals surface area contributed by atoms with Crippen molar-refractivity contribution >= 4 is 0 Å². The van der Waals surface area contributed by atoms with Crippen LogP contribution >= 0.6 is 0 Å². The fraction of sp³-hybridized carbons (Fsp3) is 0.900. The number of hydrogen-bond acceptors (Lipinski definition) is 4. The van der Waals surface area contributed by atoms with Crippen molar-refractivity contribution in [1.29, 1.82) is 0 Å². The summed E-state index contributed by atoms with van der Waals surface area (Å²) in [7, 11) is 0. The monoisotopic (exact) mass is 209 g/mol. The molecule has 2 N–H and O–H groups in total. The molecule has 1 aromatic rings. The molecule has 0 amide bonds. The van der Waals surface area contributed by atoms with Crippen LogP contribution in [0, 0.1) is 5.92 Å². The largest absolute Gasteiger partial charge is 0.322 e. The van der Waals surface area contributed by atoms with E-state index in [1.54, 1.807) is 0 Å². The standard InChI is InChI=1S/C10H19N5/c1-8(11)10-12-13-14-15(10)7-9-5-3-2-4-6-9/h8-9H,2-7,11H2,1H3. The summed E-state index contributed by atoms with van der Waals surface area (Å²) in [4.78, 5) is 0. The summed E-state index contributed by atoms with van der Waals surface area (Å²) in [5, 5.41) is 11.7. The maximum absolute atomic E-state index is 5.80. The molecule has 0 aromatic carbocycles. The third-order valence-corrected chi connectivity index (χ3v) is 3.12. The molecule has 84 valence electrons. The van der Waals surface area contributed by atoms with Gasteiger partial charge < -0.3 is 5.73 Å². The normalized spacial score (nSPS) is 20.4. The van der Waals surface area contributed by atoms with Crippen molar-refractivity contribution in [3.05, 3.63) is 5.82 Å². The lowest BCUT2D eigenvalue weighted by molar-refractivity contribution is 0.300. The van der Waals surface area contributed by atoms with Gasteiger partial charge in [0.2, 0.25) is 0 Å². The number of hydrogen-bond donors (Lipinski definition) is 1. The van der Waals surface area contributed by atoms with Gasteiger partial charge in [-0.15, -0.1) is 5.10 Å². The van der Waals surface area contributed by atoms with E-state index in [-0.39, 0.29) is 6.04 Å². The van der Waals surface area contributed by atoms with Crippen molar-refractivity contribution in [2.24, 2.45) is 11.7 Å². The zero-order valence-corrected chi connectivity index (χ0v) is 9.26. The molecule has 0 saturated heterocycles. The first-order valence-corrected chi connectivity index (χ1v) is 5.79. The Bertz CT molecular complexity index is 301. The second-order valence-corrected chi connectivity index (χ2v) is 4.51. The maximum Gasteiger partial charge on any atom is 0.167 e. The highest BCUT2D eigenvalue weighted by Crippen LogP contribution is 2.25. The number of nitrogens with zero attached hydrogens (tertiary/aromatic N) is 4. The molecule has 0 aliphatic heterocycles. The van der Waals surface area contributed by atoms with E-state index in [2.05, 4.69) is 15.5 Å². The minimum Gasteiger partial charge on any atom is -0.322 e. The van der Waals surface area contributed by atoms with Gasteiger partial charge in [-0.3, -0.25) is 0 Å². The van der Waals surface area contributed by atoms with Crippen molar-refractivity contribution in [1.82, 2.24) is 20.2 Å². The zero-order valence-electron chi connectivity index (χ0n) is 9.26. The Morgan fingerprint density at radius 1 is 1.40 bits per heavy atom. The van der Waals surface area contributed by atoms with Crippen LogP contribution in [0.25, 0.3) is 0 Å². The van der Waals surface area contributed by atoms with E-state index >= 15 is 0 Å². The Balaban J connectivity index is 1.99. The molecular formula is C10H19N5. The first-order chi connectivity index (χ1) is 7.27. The number of nitrogens with two attached hydrogens (primary N) is 1. The highest BCUT2D eigenvalue weighted by molar-refractivity contribution is 4.88. The molecule has 15 heavy (non-hydrogen) atoms. The molecular weight excluding hydrogens is 190 g/mol. The molecule has 1 saturated carbocycles. The lowest BCUT2D eigenvalue weighted by Gasteiger charge is -2.21. The molecule has 1 aliphatic carbocycles. The molecule has 1 fully saturated rings. The van der Waals surface area contributed by atoms with Gasteiger partial charge in [-0.2, -0.15) is 0 Å². The van der Waals surface area contributed by atoms with Crippen molar-refractivity contribution in [3.8, 4) is 0 Å². The van der Waals surface area contributed by atoms with Crippen LogP contribution in [0.2, 0.25) is 0 Å². The van der Waals surface area contributed by atoms with E-state index < -0.39 is 0 Å². The summed E-state index contributed by atoms with van der Waals surface area (Å²) in [6, 6.07) is -0.0800. The van der Waals surface area contributed by atoms with Crippen molar-refractivity contribution in [2.45, 2.75) is 51.6 Å². The fourth-order valence-electron chi connectivity index (χ4n) is 2.28. The summed E-state index contributed by atoms with van der Waals surface area (Å²) in [6.07, 6.45) is 6.68. The average molecular weight is 209 g/mol. The van der Waals surface area contributed by atoms with Crippen LogP contribution in [0.15, 0.2) is 0 Å². The van der Waals surface area contributed by atoms with Gasteiger partial charge in [-0.1, -0.05) is 19.3 Å². The van der Waals surface area contributed by atoms with E-state index in [0.717, 1.165) is 18.3 Å². The zero-order chi connectivity index (χ0) is 10.7. The van der Waals surface area contributed by atoms with Crippen LogP contribution in [-0.2, 0) is 6.54 Å². The molecule has 5 heteroatoms. The first kappa shape index (κ1) is 10.5. The Kier molecular flexibility index (Phi) is 3.30. The minimum absolute atomic E-state index is 0.0800. The van der Waals surface area contributed by atoms with Crippen LogP contribution in [0.3, 0.4) is 0 Å². The van der Waals surface area contributed by atoms with Crippen LogP contribution in [0.5, 0.6) is 0 Å². The third kappa shape index (κ3) is 2.53. The summed E-state index contributed by atoms with van der Waals surface area (Å²) in [5.41, 5.74) is 5.80. The predicted octanol–water partition coefficient (Wildman–Crippen LogP) is 1.27. The van der Waals surface area contributed by atoms with E-state index in [4.69, 9.17) is 5.73 Å². The highest BCUT2D eigenvalue weighted by Gasteiger charge is 2.17. The molecule has 1 aliphatic rings. The van der Waals surface area contributed by atoms with Crippen molar-refractivity contribution < 1.29 is 0 Å². The number of aromatic nitrogens is 4. The maximum atomic E-state index is 5.80. The van der Waals surface area contributed by atoms with Gasteiger partial charge in [-0.25, -0.2) is 4.68 Å². The van der Waals surface area contributed by atoms with E-state index in [1.165, 1.54) is 32.1 Å². The molecule has 1 atom stereocenters. The van der Waals surface area contributed by atoms with Crippen LogP contribution in [0.4, 0.5) is 0 Å². The highest BCUT2D eigenvalue weighted by atomic mass is 15.5. The molecule has 1 heterocycles. The minimum atomic E-state index is -0.0800. The average Bonchev–Trinajstić information content (AvgIpc) is 2.67. The molecule has 0 spiro atoms. The smallest absolute Gasteiger partial charge is 0.167 e. The van der Waals surface area contributed by atoms with Gasteiger partial charge in [0.1, 0.15) is 0 Å². The van der Waals surface area contributed by atoms with Crippen LogP contribution < -0.4 is 5.73 Å². The third-order valence-electron chi connectivity index (χ3n) is 3.12. The Hall–Kier alpha value is -0.970. The summed E-state index contributed by atoms with van der Waals surface area (Å²) in [6.45, 7) is 2.85. The van der Waals surface area contributed by atoms with Gasteiger partial charge in [0, 0.05) is 6.54 Å². The second-order valence-electron chi connectivity index (χ2n) is 4.51. The Morgan fingerprint density at radius 2 is 2.13 bits per heavy atom. The van der Waals surface area contributed by atoms with Crippen LogP contribution in [-0.4, -0.2) is 20.2 Å². The summed E-state index contributed by atoms with van der Waals surface area (Å²) in [5.74, 6) is 1.54. The second kappa shape index (κ2) is 4.70. The SMILES string of the molecule is CC(N)c1nnnn1CC1CCCCC1. The Labute approximate surface area is 90.0 Å². The van der Waals surface area contributed by atoms with Gasteiger partial charge in [0.15, 0.2) is 5.82 Å². The number of tetrazole rings is 1. The topological polar surface area (TPSA) is 69.6 Å². The summed E-state index contributed by atoms with van der Waals surface area (Å²) >= 11 is 0. The van der Waals surface area contributed by atoms with Crippen molar-refractivity contribution in [3.63, 3.8) is 0 Å². The van der Waals surface area contributed by atoms with Crippen LogP contribution in [0.1, 0.15) is 50.9 Å². The van der Waals surface area contributed by atoms with Gasteiger partial charge in [0.25, 0.3) is 0 Å². The summed E-state index contributed by atoms with van der Waals surface area (Å²) < 4.78 is 1.88. The Morgan fingerprint density at radius 3 is 2.80 bits per heavy atom. The van der Waals surface area contributed by atoms with Crippen molar-refractivity contribution in [2.75, 3.05) is 0 Å². The lowest BCUT2D eigenvalue weighted by atomic mass is 9.89. The molecule has 0 bridgehead atoms. The first-order valence-electron chi connectivity index (χ1n) is 5.79. The number of rotatable bonds is 3. The van der Waals surface area contributed by atoms with E-state index in [9.17, 15) is 0 Å². The van der Waals surface area contributed by atoms with Gasteiger partial charge in [-0.05, 0) is 36.1 Å². The quantitative estimate of drug-likeness (QED) is 0.814. The van der Waals surface area contributed by atoms with E-state index in [1.807, 2.05) is 11.6 Å². The molecule has 0 radical (unpaired) electrons. The lowest BCUT2D eigenvalue weighted by Crippen LogP contribution is -2.20. The molecule has 5 nitrogen and oxygen atoms in total. The van der Waals surface area contributed by atoms with Gasteiger partial charge >= 0.3 is 0 Å². The molecule has 1 aromatic heterocycles.